The third-order valence-electron chi connectivity index (χ3n) is 2.50. The minimum atomic E-state index is -4.42. The van der Waals surface area contributed by atoms with E-state index in [2.05, 4.69) is 0 Å². The number of amidine groups is 1. The van der Waals surface area contributed by atoms with Gasteiger partial charge in [0.1, 0.15) is 5.84 Å². The van der Waals surface area contributed by atoms with Gasteiger partial charge in [0.2, 0.25) is 0 Å². The van der Waals surface area contributed by atoms with Crippen LogP contribution in [-0.2, 0) is 10.9 Å². The van der Waals surface area contributed by atoms with Gasteiger partial charge >= 0.3 is 6.18 Å². The maximum absolute atomic E-state index is 12.6. The Morgan fingerprint density at radius 3 is 2.50 bits per heavy atom. The predicted octanol–water partition coefficient (Wildman–Crippen LogP) is 2.48. The molecule has 1 aromatic carbocycles. The van der Waals surface area contributed by atoms with Crippen LogP contribution in [0, 0.1) is 5.41 Å². The van der Waals surface area contributed by atoms with Crippen molar-refractivity contribution in [2.45, 2.75) is 16.3 Å². The first-order valence-electron chi connectivity index (χ1n) is 5.18. The molecule has 0 unspecified atom stereocenters. The lowest BCUT2D eigenvalue weighted by Crippen LogP contribution is -2.30. The van der Waals surface area contributed by atoms with Crippen molar-refractivity contribution in [3.63, 3.8) is 0 Å². The zero-order chi connectivity index (χ0) is 13.3. The molecule has 0 amide bonds. The van der Waals surface area contributed by atoms with E-state index in [1.54, 1.807) is 0 Å². The summed E-state index contributed by atoms with van der Waals surface area (Å²) in [5.74, 6) is -0.358. The number of ether oxygens (including phenoxy) is 1. The quantitative estimate of drug-likeness (QED) is 0.658. The topological polar surface area (TPSA) is 59.1 Å². The maximum atomic E-state index is 12.6. The van der Waals surface area contributed by atoms with Crippen LogP contribution in [-0.4, -0.2) is 24.3 Å². The second-order valence-corrected chi connectivity index (χ2v) is 5.24. The molecule has 3 nitrogen and oxygen atoms in total. The molecule has 1 heterocycles. The SMILES string of the molecule is N=C(N)c1cc(C(F)(F)F)ccc1SC1COC1. The molecule has 0 spiro atoms. The molecule has 98 valence electrons. The van der Waals surface area contributed by atoms with Gasteiger partial charge in [-0.05, 0) is 18.2 Å². The first-order valence-corrected chi connectivity index (χ1v) is 6.06. The van der Waals surface area contributed by atoms with Crippen LogP contribution in [0.5, 0.6) is 0 Å². The van der Waals surface area contributed by atoms with Crippen LogP contribution < -0.4 is 5.73 Å². The fraction of sp³-hybridized carbons (Fsp3) is 0.364. The van der Waals surface area contributed by atoms with Crippen molar-refractivity contribution in [1.29, 1.82) is 5.41 Å². The zero-order valence-corrected chi connectivity index (χ0v) is 10.1. The van der Waals surface area contributed by atoms with E-state index in [1.165, 1.54) is 17.8 Å². The van der Waals surface area contributed by atoms with Crippen LogP contribution in [0.1, 0.15) is 11.1 Å². The Kier molecular flexibility index (Phi) is 3.54. The van der Waals surface area contributed by atoms with Crippen molar-refractivity contribution in [1.82, 2.24) is 0 Å². The maximum Gasteiger partial charge on any atom is 0.416 e. The second kappa shape index (κ2) is 4.81. The Bertz CT molecular complexity index is 472. The Morgan fingerprint density at radius 1 is 1.39 bits per heavy atom. The smallest absolute Gasteiger partial charge is 0.384 e. The van der Waals surface area contributed by atoms with Crippen molar-refractivity contribution < 1.29 is 17.9 Å². The highest BCUT2D eigenvalue weighted by Gasteiger charge is 2.31. The molecule has 3 N–H and O–H groups in total. The summed E-state index contributed by atoms with van der Waals surface area (Å²) < 4.78 is 42.7. The molecular formula is C11H11F3N2OS. The number of hydrogen-bond donors (Lipinski definition) is 2. The lowest BCUT2D eigenvalue weighted by atomic mass is 10.1. The van der Waals surface area contributed by atoms with E-state index in [-0.39, 0.29) is 16.6 Å². The molecular weight excluding hydrogens is 265 g/mol. The molecule has 0 atom stereocenters. The van der Waals surface area contributed by atoms with Crippen molar-refractivity contribution in [2.75, 3.05) is 13.2 Å². The summed E-state index contributed by atoms with van der Waals surface area (Å²) in [5, 5.41) is 7.58. The average molecular weight is 276 g/mol. The minimum Gasteiger partial charge on any atom is -0.384 e. The molecule has 1 saturated heterocycles. The predicted molar refractivity (Wildman–Crippen MR) is 62.9 cm³/mol. The minimum absolute atomic E-state index is 0.127. The van der Waals surface area contributed by atoms with Crippen molar-refractivity contribution in [2.24, 2.45) is 5.73 Å². The fourth-order valence-corrected chi connectivity index (χ4v) is 2.61. The third kappa shape index (κ3) is 2.78. The lowest BCUT2D eigenvalue weighted by Gasteiger charge is -2.26. The second-order valence-electron chi connectivity index (χ2n) is 3.90. The Labute approximate surface area is 106 Å². The fourth-order valence-electron chi connectivity index (χ4n) is 1.48. The number of nitrogens with two attached hydrogens (primary N) is 1. The number of benzene rings is 1. The first kappa shape index (κ1) is 13.2. The molecule has 2 rings (SSSR count). The standard InChI is InChI=1S/C11H11F3N2OS/c12-11(13,14)6-1-2-9(8(3-6)10(15)16)18-7-4-17-5-7/h1-3,7H,4-5H2,(H3,15,16). The van der Waals surface area contributed by atoms with Gasteiger partial charge in [-0.1, -0.05) is 0 Å². The van der Waals surface area contributed by atoms with Crippen LogP contribution >= 0.6 is 11.8 Å². The molecule has 1 aliphatic heterocycles. The zero-order valence-electron chi connectivity index (χ0n) is 9.25. The van der Waals surface area contributed by atoms with E-state index in [1.807, 2.05) is 0 Å². The van der Waals surface area contributed by atoms with Gasteiger partial charge in [0.05, 0.1) is 24.0 Å². The van der Waals surface area contributed by atoms with Gasteiger partial charge in [-0.15, -0.1) is 11.8 Å². The van der Waals surface area contributed by atoms with Gasteiger partial charge in [0.25, 0.3) is 0 Å². The van der Waals surface area contributed by atoms with Crippen LogP contribution in [0.2, 0.25) is 0 Å². The van der Waals surface area contributed by atoms with Gasteiger partial charge in [-0.2, -0.15) is 13.2 Å². The third-order valence-corrected chi connectivity index (χ3v) is 3.71. The summed E-state index contributed by atoms with van der Waals surface area (Å²) in [6.45, 7) is 1.14. The van der Waals surface area contributed by atoms with Gasteiger partial charge in [-0.3, -0.25) is 5.41 Å². The van der Waals surface area contributed by atoms with Gasteiger partial charge in [0.15, 0.2) is 0 Å². The van der Waals surface area contributed by atoms with Crippen molar-refractivity contribution >= 4 is 17.6 Å². The number of alkyl halides is 3. The van der Waals surface area contributed by atoms with E-state index in [0.717, 1.165) is 12.1 Å². The first-order chi connectivity index (χ1) is 8.38. The Morgan fingerprint density at radius 2 is 2.06 bits per heavy atom. The van der Waals surface area contributed by atoms with E-state index in [0.29, 0.717) is 18.1 Å². The van der Waals surface area contributed by atoms with Crippen LogP contribution in [0.25, 0.3) is 0 Å². The van der Waals surface area contributed by atoms with E-state index in [9.17, 15) is 13.2 Å². The normalized spacial score (nSPS) is 16.4. The van der Waals surface area contributed by atoms with Crippen molar-refractivity contribution in [3.8, 4) is 0 Å². The Balaban J connectivity index is 2.31. The number of halogens is 3. The Hall–Kier alpha value is -1.21. The number of rotatable bonds is 3. The highest BCUT2D eigenvalue weighted by Crippen LogP contribution is 2.35. The number of nitrogens with one attached hydrogen (secondary N) is 1. The van der Waals surface area contributed by atoms with E-state index < -0.39 is 11.7 Å². The van der Waals surface area contributed by atoms with Crippen LogP contribution in [0.3, 0.4) is 0 Å². The highest BCUT2D eigenvalue weighted by atomic mass is 32.2. The molecule has 0 aliphatic carbocycles. The van der Waals surface area contributed by atoms with Gasteiger partial charge in [-0.25, -0.2) is 0 Å². The molecule has 0 radical (unpaired) electrons. The number of nitrogen functional groups attached to an aromatic ring is 1. The number of hydrogen-bond acceptors (Lipinski definition) is 3. The molecule has 0 saturated carbocycles. The average Bonchev–Trinajstić information content (AvgIpc) is 2.21. The molecule has 0 aromatic heterocycles. The molecule has 1 fully saturated rings. The van der Waals surface area contributed by atoms with Crippen LogP contribution in [0.15, 0.2) is 23.1 Å². The molecule has 18 heavy (non-hydrogen) atoms. The van der Waals surface area contributed by atoms with Gasteiger partial charge in [0, 0.05) is 10.5 Å². The van der Waals surface area contributed by atoms with E-state index >= 15 is 0 Å². The summed E-state index contributed by atoms with van der Waals surface area (Å²) in [4.78, 5) is 0.587. The summed E-state index contributed by atoms with van der Waals surface area (Å²) in [7, 11) is 0. The number of thioether (sulfide) groups is 1. The van der Waals surface area contributed by atoms with E-state index in [4.69, 9.17) is 15.9 Å². The summed E-state index contributed by atoms with van der Waals surface area (Å²) in [6, 6.07) is 3.29. The van der Waals surface area contributed by atoms with Crippen molar-refractivity contribution in [3.05, 3.63) is 29.3 Å². The monoisotopic (exact) mass is 276 g/mol. The highest BCUT2D eigenvalue weighted by molar-refractivity contribution is 8.00. The lowest BCUT2D eigenvalue weighted by molar-refractivity contribution is -0.137. The summed E-state index contributed by atoms with van der Waals surface area (Å²) >= 11 is 1.39. The molecule has 7 heteroatoms. The largest absolute Gasteiger partial charge is 0.416 e. The van der Waals surface area contributed by atoms with Gasteiger partial charge < -0.3 is 10.5 Å². The van der Waals surface area contributed by atoms with Crippen LogP contribution in [0.4, 0.5) is 13.2 Å². The molecule has 1 aromatic rings. The molecule has 0 bridgehead atoms. The summed E-state index contributed by atoms with van der Waals surface area (Å²) in [5.41, 5.74) is 4.67. The molecule has 1 aliphatic rings. The summed E-state index contributed by atoms with van der Waals surface area (Å²) in [6.07, 6.45) is -4.42.